The van der Waals surface area contributed by atoms with Crippen LogP contribution in [0.4, 0.5) is 4.39 Å². The van der Waals surface area contributed by atoms with E-state index in [-0.39, 0.29) is 5.82 Å². The summed E-state index contributed by atoms with van der Waals surface area (Å²) in [6, 6.07) is 9.87. The SMILES string of the molecule is Cc1c(F)ccc2[nH]c(-c3ccc4c(c3)c(CN(C)C)cn4CCCC3CCN(C)CC3)nc12. The Morgan fingerprint density at radius 1 is 1.15 bits per heavy atom. The Morgan fingerprint density at radius 3 is 2.71 bits per heavy atom. The van der Waals surface area contributed by atoms with Crippen molar-refractivity contribution in [2.24, 2.45) is 5.92 Å². The van der Waals surface area contributed by atoms with Crippen molar-refractivity contribution in [2.45, 2.75) is 45.7 Å². The summed E-state index contributed by atoms with van der Waals surface area (Å²) in [4.78, 5) is 12.8. The van der Waals surface area contributed by atoms with Gasteiger partial charge in [-0.15, -0.1) is 0 Å². The Labute approximate surface area is 201 Å². The van der Waals surface area contributed by atoms with Crippen LogP contribution in [-0.4, -0.2) is 58.6 Å². The van der Waals surface area contributed by atoms with Gasteiger partial charge in [-0.1, -0.05) is 0 Å². The number of piperidine rings is 1. The van der Waals surface area contributed by atoms with E-state index in [0.717, 1.165) is 35.9 Å². The van der Waals surface area contributed by atoms with Crippen LogP contribution in [0.3, 0.4) is 0 Å². The fraction of sp³-hybridized carbons (Fsp3) is 0.464. The lowest BCUT2D eigenvalue weighted by atomic mass is 9.92. The maximum absolute atomic E-state index is 14.0. The molecular formula is C28H36FN5. The number of H-pyrrole nitrogens is 1. The molecular weight excluding hydrogens is 425 g/mol. The van der Waals surface area contributed by atoms with Crippen LogP contribution in [0.15, 0.2) is 36.5 Å². The molecule has 6 heteroatoms. The van der Waals surface area contributed by atoms with Crippen molar-refractivity contribution < 1.29 is 4.39 Å². The molecule has 0 bridgehead atoms. The molecule has 1 saturated heterocycles. The molecule has 180 valence electrons. The van der Waals surface area contributed by atoms with Crippen molar-refractivity contribution >= 4 is 21.9 Å². The summed E-state index contributed by atoms with van der Waals surface area (Å²) < 4.78 is 16.5. The van der Waals surface area contributed by atoms with Gasteiger partial charge in [0.15, 0.2) is 0 Å². The zero-order valence-electron chi connectivity index (χ0n) is 20.9. The van der Waals surface area contributed by atoms with E-state index in [9.17, 15) is 4.39 Å². The first kappa shape index (κ1) is 23.1. The van der Waals surface area contributed by atoms with E-state index < -0.39 is 0 Å². The van der Waals surface area contributed by atoms with Gasteiger partial charge in [-0.3, -0.25) is 0 Å². The van der Waals surface area contributed by atoms with Crippen molar-refractivity contribution in [2.75, 3.05) is 34.2 Å². The number of hydrogen-bond acceptors (Lipinski definition) is 3. The highest BCUT2D eigenvalue weighted by molar-refractivity contribution is 5.89. The molecule has 2 aromatic heterocycles. The fourth-order valence-electron chi connectivity index (χ4n) is 5.40. The van der Waals surface area contributed by atoms with Crippen molar-refractivity contribution in [1.29, 1.82) is 0 Å². The molecule has 2 aromatic carbocycles. The van der Waals surface area contributed by atoms with Crippen LogP contribution in [0, 0.1) is 18.7 Å². The number of imidazole rings is 1. The number of benzene rings is 2. The number of aromatic nitrogens is 3. The number of aromatic amines is 1. The summed E-state index contributed by atoms with van der Waals surface area (Å²) in [5.74, 6) is 1.44. The molecule has 1 N–H and O–H groups in total. The monoisotopic (exact) mass is 461 g/mol. The molecule has 5 nitrogen and oxygen atoms in total. The molecule has 0 aliphatic carbocycles. The zero-order chi connectivity index (χ0) is 23.8. The van der Waals surface area contributed by atoms with Crippen LogP contribution in [0.5, 0.6) is 0 Å². The van der Waals surface area contributed by atoms with Gasteiger partial charge < -0.3 is 19.4 Å². The van der Waals surface area contributed by atoms with Crippen LogP contribution in [0.2, 0.25) is 0 Å². The molecule has 5 rings (SSSR count). The molecule has 0 atom stereocenters. The number of likely N-dealkylation sites (tertiary alicyclic amines) is 1. The first-order valence-corrected chi connectivity index (χ1v) is 12.5. The summed E-state index contributed by atoms with van der Waals surface area (Å²) >= 11 is 0. The van der Waals surface area contributed by atoms with Gasteiger partial charge in [0.2, 0.25) is 0 Å². The van der Waals surface area contributed by atoms with Crippen molar-refractivity contribution in [3.8, 4) is 11.4 Å². The van der Waals surface area contributed by atoms with E-state index in [4.69, 9.17) is 4.98 Å². The molecule has 0 unspecified atom stereocenters. The van der Waals surface area contributed by atoms with E-state index in [0.29, 0.717) is 11.1 Å². The maximum Gasteiger partial charge on any atom is 0.138 e. The van der Waals surface area contributed by atoms with E-state index in [1.165, 1.54) is 61.3 Å². The second kappa shape index (κ2) is 9.51. The highest BCUT2D eigenvalue weighted by Gasteiger charge is 2.17. The van der Waals surface area contributed by atoms with Gasteiger partial charge in [0.1, 0.15) is 11.6 Å². The van der Waals surface area contributed by atoms with Crippen LogP contribution < -0.4 is 0 Å². The van der Waals surface area contributed by atoms with Crippen LogP contribution in [-0.2, 0) is 13.1 Å². The Bertz CT molecular complexity index is 1290. The van der Waals surface area contributed by atoms with Crippen molar-refractivity contribution in [3.05, 3.63) is 53.5 Å². The molecule has 0 spiro atoms. The van der Waals surface area contributed by atoms with E-state index in [2.05, 4.69) is 64.9 Å². The topological polar surface area (TPSA) is 40.1 Å². The largest absolute Gasteiger partial charge is 0.347 e. The highest BCUT2D eigenvalue weighted by atomic mass is 19.1. The lowest BCUT2D eigenvalue weighted by Gasteiger charge is -2.28. The predicted molar refractivity (Wildman–Crippen MR) is 139 cm³/mol. The molecule has 0 amide bonds. The number of nitrogens with zero attached hydrogens (tertiary/aromatic N) is 4. The highest BCUT2D eigenvalue weighted by Crippen LogP contribution is 2.30. The summed E-state index contributed by atoms with van der Waals surface area (Å²) in [6.07, 6.45) is 7.53. The average Bonchev–Trinajstić information content (AvgIpc) is 3.39. The summed E-state index contributed by atoms with van der Waals surface area (Å²) in [6.45, 7) is 6.21. The van der Waals surface area contributed by atoms with Crippen LogP contribution in [0.1, 0.15) is 36.8 Å². The third kappa shape index (κ3) is 4.62. The smallest absolute Gasteiger partial charge is 0.138 e. The fourth-order valence-corrected chi connectivity index (χ4v) is 5.40. The van der Waals surface area contributed by atoms with Gasteiger partial charge in [0.05, 0.1) is 11.0 Å². The lowest BCUT2D eigenvalue weighted by molar-refractivity contribution is 0.209. The Hall–Kier alpha value is -2.70. The maximum atomic E-state index is 14.0. The summed E-state index contributed by atoms with van der Waals surface area (Å²) in [5.41, 5.74) is 5.81. The van der Waals surface area contributed by atoms with E-state index in [1.54, 1.807) is 13.0 Å². The van der Waals surface area contributed by atoms with Gasteiger partial charge in [0.25, 0.3) is 0 Å². The van der Waals surface area contributed by atoms with E-state index in [1.807, 2.05) is 0 Å². The van der Waals surface area contributed by atoms with Gasteiger partial charge >= 0.3 is 0 Å². The average molecular weight is 462 g/mol. The Morgan fingerprint density at radius 2 is 1.94 bits per heavy atom. The summed E-state index contributed by atoms with van der Waals surface area (Å²) in [7, 11) is 6.46. The first-order valence-electron chi connectivity index (χ1n) is 12.5. The third-order valence-corrected chi connectivity index (χ3v) is 7.41. The molecule has 4 aromatic rings. The quantitative estimate of drug-likeness (QED) is 0.377. The standard InChI is InChI=1S/C28H36FN5/c1-19-24(29)8-9-25-27(19)31-28(30-25)21-7-10-26-23(16-21)22(17-32(2)3)18-34(26)13-5-6-20-11-14-33(4)15-12-20/h7-10,16,18,20H,5-6,11-15,17H2,1-4H3,(H,30,31). The molecule has 3 heterocycles. The van der Waals surface area contributed by atoms with Gasteiger partial charge in [0, 0.05) is 41.3 Å². The van der Waals surface area contributed by atoms with Gasteiger partial charge in [-0.25, -0.2) is 9.37 Å². The minimum absolute atomic E-state index is 0.216. The number of aryl methyl sites for hydroxylation is 2. The molecule has 0 saturated carbocycles. The van der Waals surface area contributed by atoms with Crippen molar-refractivity contribution in [1.82, 2.24) is 24.3 Å². The third-order valence-electron chi connectivity index (χ3n) is 7.41. The molecule has 34 heavy (non-hydrogen) atoms. The molecule has 1 aliphatic rings. The Kier molecular flexibility index (Phi) is 6.45. The molecule has 1 aliphatic heterocycles. The lowest BCUT2D eigenvalue weighted by Crippen LogP contribution is -2.30. The minimum atomic E-state index is -0.216. The number of fused-ring (bicyclic) bond motifs is 2. The van der Waals surface area contributed by atoms with Gasteiger partial charge in [-0.05, 0) is 109 Å². The minimum Gasteiger partial charge on any atom is -0.347 e. The zero-order valence-corrected chi connectivity index (χ0v) is 20.9. The van der Waals surface area contributed by atoms with Gasteiger partial charge in [-0.2, -0.15) is 0 Å². The molecule has 1 fully saturated rings. The second-order valence-electron chi connectivity index (χ2n) is 10.4. The number of rotatable bonds is 7. The van der Waals surface area contributed by atoms with Crippen LogP contribution >= 0.6 is 0 Å². The predicted octanol–water partition coefficient (Wildman–Crippen LogP) is 5.82. The summed E-state index contributed by atoms with van der Waals surface area (Å²) in [5, 5.41) is 1.27. The van der Waals surface area contributed by atoms with E-state index >= 15 is 0 Å². The number of nitrogens with one attached hydrogen (secondary N) is 1. The van der Waals surface area contributed by atoms with Crippen molar-refractivity contribution in [3.63, 3.8) is 0 Å². The first-order chi connectivity index (χ1) is 16.4. The second-order valence-corrected chi connectivity index (χ2v) is 10.4. The normalized spacial score (nSPS) is 15.8. The Balaban J connectivity index is 1.42. The number of hydrogen-bond donors (Lipinski definition) is 1. The van der Waals surface area contributed by atoms with Crippen LogP contribution in [0.25, 0.3) is 33.3 Å². The molecule has 0 radical (unpaired) electrons. The number of halogens is 1.